The van der Waals surface area contributed by atoms with Gasteiger partial charge in [-0.25, -0.2) is 0 Å². The standard InChI is InChI=1S/C22H26N2O5/c1-16(25)17-8-9-20(21(14-17)28-3)29-15-22(26)24-12-10-23(11-13-24)18-6-4-5-7-19(18)27-2/h4-9,14H,10-13,15H2,1-3H3. The third kappa shape index (κ3) is 4.80. The SMILES string of the molecule is COc1cc(C(C)=O)ccc1OCC(=O)N1CCN(c2ccccc2OC)CC1. The quantitative estimate of drug-likeness (QED) is 0.668. The first-order chi connectivity index (χ1) is 14.0. The van der Waals surface area contributed by atoms with Crippen LogP contribution in [0.5, 0.6) is 17.2 Å². The van der Waals surface area contributed by atoms with Crippen molar-refractivity contribution in [3.05, 3.63) is 48.0 Å². The molecule has 0 unspecified atom stereocenters. The first kappa shape index (κ1) is 20.5. The van der Waals surface area contributed by atoms with Crippen LogP contribution in [-0.4, -0.2) is 63.6 Å². The molecule has 7 heteroatoms. The molecule has 1 aliphatic rings. The van der Waals surface area contributed by atoms with Crippen molar-refractivity contribution in [1.29, 1.82) is 0 Å². The Morgan fingerprint density at radius 1 is 0.897 bits per heavy atom. The van der Waals surface area contributed by atoms with E-state index >= 15 is 0 Å². The molecule has 1 saturated heterocycles. The lowest BCUT2D eigenvalue weighted by atomic mass is 10.1. The molecule has 0 bridgehead atoms. The third-order valence-corrected chi connectivity index (χ3v) is 4.98. The van der Waals surface area contributed by atoms with E-state index < -0.39 is 0 Å². The summed E-state index contributed by atoms with van der Waals surface area (Å²) in [6.07, 6.45) is 0. The number of hydrogen-bond acceptors (Lipinski definition) is 6. The van der Waals surface area contributed by atoms with Crippen LogP contribution >= 0.6 is 0 Å². The maximum atomic E-state index is 12.6. The van der Waals surface area contributed by atoms with Crippen molar-refractivity contribution >= 4 is 17.4 Å². The molecular formula is C22H26N2O5. The molecule has 0 spiro atoms. The summed E-state index contributed by atoms with van der Waals surface area (Å²) in [5.41, 5.74) is 1.57. The fourth-order valence-corrected chi connectivity index (χ4v) is 3.32. The molecule has 1 amide bonds. The Labute approximate surface area is 170 Å². The fourth-order valence-electron chi connectivity index (χ4n) is 3.32. The van der Waals surface area contributed by atoms with Gasteiger partial charge >= 0.3 is 0 Å². The lowest BCUT2D eigenvalue weighted by Gasteiger charge is -2.36. The molecule has 154 valence electrons. The average molecular weight is 398 g/mol. The molecule has 1 heterocycles. The van der Waals surface area contributed by atoms with Crippen LogP contribution in [0.15, 0.2) is 42.5 Å². The Bertz CT molecular complexity index is 875. The molecule has 2 aromatic carbocycles. The van der Waals surface area contributed by atoms with Crippen molar-refractivity contribution < 1.29 is 23.8 Å². The molecule has 1 fully saturated rings. The number of para-hydroxylation sites is 2. The first-order valence-electron chi connectivity index (χ1n) is 9.51. The van der Waals surface area contributed by atoms with Crippen LogP contribution in [-0.2, 0) is 4.79 Å². The number of carbonyl (C=O) groups is 2. The number of amides is 1. The number of methoxy groups -OCH3 is 2. The Kier molecular flexibility index (Phi) is 6.59. The molecule has 0 aliphatic carbocycles. The normalized spacial score (nSPS) is 13.8. The molecule has 7 nitrogen and oxygen atoms in total. The van der Waals surface area contributed by atoms with Crippen molar-refractivity contribution in [1.82, 2.24) is 4.90 Å². The summed E-state index contributed by atoms with van der Waals surface area (Å²) in [5, 5.41) is 0. The van der Waals surface area contributed by atoms with Gasteiger partial charge in [0.05, 0.1) is 19.9 Å². The summed E-state index contributed by atoms with van der Waals surface area (Å²) in [6, 6.07) is 12.8. The van der Waals surface area contributed by atoms with Crippen molar-refractivity contribution in [2.75, 3.05) is 51.9 Å². The number of hydrogen-bond donors (Lipinski definition) is 0. The minimum Gasteiger partial charge on any atom is -0.495 e. The highest BCUT2D eigenvalue weighted by Gasteiger charge is 2.23. The average Bonchev–Trinajstić information content (AvgIpc) is 2.77. The number of anilines is 1. The number of carbonyl (C=O) groups excluding carboxylic acids is 2. The summed E-state index contributed by atoms with van der Waals surface area (Å²) in [4.78, 5) is 28.1. The number of ketones is 1. The summed E-state index contributed by atoms with van der Waals surface area (Å²) in [7, 11) is 3.16. The van der Waals surface area contributed by atoms with Crippen molar-refractivity contribution in [2.24, 2.45) is 0 Å². The van der Waals surface area contributed by atoms with Gasteiger partial charge in [-0.15, -0.1) is 0 Å². The Morgan fingerprint density at radius 3 is 2.24 bits per heavy atom. The molecule has 0 radical (unpaired) electrons. The van der Waals surface area contributed by atoms with Gasteiger partial charge in [-0.05, 0) is 37.3 Å². The monoisotopic (exact) mass is 398 g/mol. The van der Waals surface area contributed by atoms with E-state index in [9.17, 15) is 9.59 Å². The van der Waals surface area contributed by atoms with E-state index in [0.717, 1.165) is 24.5 Å². The second-order valence-corrected chi connectivity index (χ2v) is 6.75. The highest BCUT2D eigenvalue weighted by atomic mass is 16.5. The molecule has 3 rings (SSSR count). The Morgan fingerprint density at radius 2 is 1.59 bits per heavy atom. The van der Waals surface area contributed by atoms with Crippen LogP contribution in [0.4, 0.5) is 5.69 Å². The summed E-state index contributed by atoms with van der Waals surface area (Å²) in [6.45, 7) is 4.08. The van der Waals surface area contributed by atoms with E-state index in [-0.39, 0.29) is 18.3 Å². The first-order valence-corrected chi connectivity index (χ1v) is 9.51. The Hall–Kier alpha value is -3.22. The number of nitrogens with zero attached hydrogens (tertiary/aromatic N) is 2. The van der Waals surface area contributed by atoms with E-state index in [1.807, 2.05) is 24.3 Å². The maximum Gasteiger partial charge on any atom is 0.260 e. The molecule has 2 aromatic rings. The van der Waals surface area contributed by atoms with Gasteiger partial charge in [-0.1, -0.05) is 12.1 Å². The lowest BCUT2D eigenvalue weighted by molar-refractivity contribution is -0.133. The number of piperazine rings is 1. The van der Waals surface area contributed by atoms with Gasteiger partial charge in [0.15, 0.2) is 23.9 Å². The smallest absolute Gasteiger partial charge is 0.260 e. The van der Waals surface area contributed by atoms with E-state index in [4.69, 9.17) is 14.2 Å². The number of ether oxygens (including phenoxy) is 3. The van der Waals surface area contributed by atoms with Gasteiger partial charge in [-0.3, -0.25) is 9.59 Å². The topological polar surface area (TPSA) is 68.3 Å². The maximum absolute atomic E-state index is 12.6. The Balaban J connectivity index is 1.56. The minimum atomic E-state index is -0.0811. The van der Waals surface area contributed by atoms with Crippen LogP contribution in [0.1, 0.15) is 17.3 Å². The van der Waals surface area contributed by atoms with E-state index in [1.165, 1.54) is 14.0 Å². The molecule has 0 saturated carbocycles. The third-order valence-electron chi connectivity index (χ3n) is 4.98. The van der Waals surface area contributed by atoms with Gasteiger partial charge in [0.25, 0.3) is 5.91 Å². The largest absolute Gasteiger partial charge is 0.495 e. The van der Waals surface area contributed by atoms with E-state index in [2.05, 4.69) is 4.90 Å². The zero-order valence-corrected chi connectivity index (χ0v) is 17.0. The van der Waals surface area contributed by atoms with Gasteiger partial charge in [-0.2, -0.15) is 0 Å². The van der Waals surface area contributed by atoms with Gasteiger partial charge in [0.1, 0.15) is 5.75 Å². The fraction of sp³-hybridized carbons (Fsp3) is 0.364. The molecule has 1 aliphatic heterocycles. The summed E-state index contributed by atoms with van der Waals surface area (Å²) < 4.78 is 16.4. The highest BCUT2D eigenvalue weighted by molar-refractivity contribution is 5.94. The molecule has 0 N–H and O–H groups in total. The summed E-state index contributed by atoms with van der Waals surface area (Å²) >= 11 is 0. The molecular weight excluding hydrogens is 372 g/mol. The lowest BCUT2D eigenvalue weighted by Crippen LogP contribution is -2.50. The zero-order chi connectivity index (χ0) is 20.8. The van der Waals surface area contributed by atoms with Crippen molar-refractivity contribution in [3.8, 4) is 17.2 Å². The second-order valence-electron chi connectivity index (χ2n) is 6.75. The second kappa shape index (κ2) is 9.32. The van der Waals surface area contributed by atoms with Crippen molar-refractivity contribution in [3.63, 3.8) is 0 Å². The van der Waals surface area contributed by atoms with Gasteiger partial charge in [0.2, 0.25) is 0 Å². The van der Waals surface area contributed by atoms with Crippen LogP contribution < -0.4 is 19.1 Å². The van der Waals surface area contributed by atoms with Gasteiger partial charge in [0, 0.05) is 31.7 Å². The van der Waals surface area contributed by atoms with Crippen LogP contribution in [0.3, 0.4) is 0 Å². The predicted molar refractivity (Wildman–Crippen MR) is 110 cm³/mol. The predicted octanol–water partition coefficient (Wildman–Crippen LogP) is 2.63. The van der Waals surface area contributed by atoms with Crippen molar-refractivity contribution in [2.45, 2.75) is 6.92 Å². The molecule has 29 heavy (non-hydrogen) atoms. The van der Waals surface area contributed by atoms with E-state index in [1.54, 1.807) is 30.2 Å². The van der Waals surface area contributed by atoms with E-state index in [0.29, 0.717) is 30.2 Å². The minimum absolute atomic E-state index is 0.0566. The number of benzene rings is 2. The number of rotatable bonds is 7. The molecule has 0 atom stereocenters. The zero-order valence-electron chi connectivity index (χ0n) is 17.0. The van der Waals surface area contributed by atoms with Gasteiger partial charge < -0.3 is 24.0 Å². The molecule has 0 aromatic heterocycles. The number of Topliss-reactive ketones (excluding diaryl/α,β-unsaturated/α-hetero) is 1. The van der Waals surface area contributed by atoms with Crippen LogP contribution in [0.2, 0.25) is 0 Å². The highest BCUT2D eigenvalue weighted by Crippen LogP contribution is 2.29. The van der Waals surface area contributed by atoms with Crippen LogP contribution in [0.25, 0.3) is 0 Å². The van der Waals surface area contributed by atoms with Crippen LogP contribution in [0, 0.1) is 0 Å². The summed E-state index contributed by atoms with van der Waals surface area (Å²) in [5.74, 6) is 1.57.